The molecule has 4 heteroatoms. The van der Waals surface area contributed by atoms with Crippen molar-refractivity contribution >= 4 is 10.9 Å². The van der Waals surface area contributed by atoms with Gasteiger partial charge in [-0.1, -0.05) is 30.3 Å². The van der Waals surface area contributed by atoms with Crippen LogP contribution in [0.4, 0.5) is 4.39 Å². The van der Waals surface area contributed by atoms with E-state index in [2.05, 4.69) is 0 Å². The van der Waals surface area contributed by atoms with E-state index in [1.807, 2.05) is 36.0 Å². The average Bonchev–Trinajstić information content (AvgIpc) is 2.83. The molecule has 3 aromatic rings. The van der Waals surface area contributed by atoms with Gasteiger partial charge in [0, 0.05) is 30.7 Å². The minimum Gasteiger partial charge on any atom is -0.486 e. The first-order chi connectivity index (χ1) is 10.2. The lowest BCUT2D eigenvalue weighted by Crippen LogP contribution is -1.99. The molecule has 2 N–H and O–H groups in total. The summed E-state index contributed by atoms with van der Waals surface area (Å²) >= 11 is 0. The van der Waals surface area contributed by atoms with Gasteiger partial charge in [0.25, 0.3) is 0 Å². The molecule has 0 aliphatic heterocycles. The Morgan fingerprint density at radius 2 is 1.90 bits per heavy atom. The third-order valence-electron chi connectivity index (χ3n) is 3.61. The molecule has 0 spiro atoms. The summed E-state index contributed by atoms with van der Waals surface area (Å²) in [6.07, 6.45) is 2.00. The zero-order valence-corrected chi connectivity index (χ0v) is 11.8. The molecular formula is C17H17FN2O. The van der Waals surface area contributed by atoms with E-state index in [4.69, 9.17) is 10.5 Å². The summed E-state index contributed by atoms with van der Waals surface area (Å²) in [7, 11) is 1.98. The van der Waals surface area contributed by atoms with Gasteiger partial charge in [-0.25, -0.2) is 4.39 Å². The fraction of sp³-hybridized carbons (Fsp3) is 0.176. The molecule has 3 nitrogen and oxygen atoms in total. The molecule has 0 atom stereocenters. The molecule has 0 amide bonds. The van der Waals surface area contributed by atoms with Crippen molar-refractivity contribution in [3.8, 4) is 5.75 Å². The van der Waals surface area contributed by atoms with Crippen molar-refractivity contribution in [3.63, 3.8) is 0 Å². The average molecular weight is 284 g/mol. The highest BCUT2D eigenvalue weighted by atomic mass is 19.1. The van der Waals surface area contributed by atoms with Crippen LogP contribution in [0.15, 0.2) is 48.7 Å². The quantitative estimate of drug-likeness (QED) is 0.798. The van der Waals surface area contributed by atoms with Crippen LogP contribution < -0.4 is 10.5 Å². The number of fused-ring (bicyclic) bond motifs is 1. The van der Waals surface area contributed by atoms with Crippen LogP contribution in [0.5, 0.6) is 5.75 Å². The first-order valence-corrected chi connectivity index (χ1v) is 6.84. The highest BCUT2D eigenvalue weighted by molar-refractivity contribution is 5.86. The van der Waals surface area contributed by atoms with Gasteiger partial charge in [-0.05, 0) is 17.7 Å². The van der Waals surface area contributed by atoms with Crippen LogP contribution in [0.3, 0.4) is 0 Å². The van der Waals surface area contributed by atoms with Gasteiger partial charge >= 0.3 is 0 Å². The molecule has 1 aromatic heterocycles. The Morgan fingerprint density at radius 3 is 2.67 bits per heavy atom. The zero-order chi connectivity index (χ0) is 14.8. The summed E-state index contributed by atoms with van der Waals surface area (Å²) in [5.74, 6) is -0.0788. The monoisotopic (exact) mass is 284 g/mol. The van der Waals surface area contributed by atoms with Gasteiger partial charge in [0.1, 0.15) is 6.61 Å². The lowest BCUT2D eigenvalue weighted by molar-refractivity contribution is 0.291. The Hall–Kier alpha value is -2.33. The van der Waals surface area contributed by atoms with Gasteiger partial charge in [0.05, 0.1) is 5.52 Å². The lowest BCUT2D eigenvalue weighted by atomic mass is 10.1. The molecule has 0 fully saturated rings. The van der Waals surface area contributed by atoms with Crippen molar-refractivity contribution in [3.05, 3.63) is 65.6 Å². The second-order valence-corrected chi connectivity index (χ2v) is 5.00. The van der Waals surface area contributed by atoms with Gasteiger partial charge in [-0.3, -0.25) is 0 Å². The van der Waals surface area contributed by atoms with Gasteiger partial charge in [-0.2, -0.15) is 0 Å². The third kappa shape index (κ3) is 2.50. The maximum absolute atomic E-state index is 13.6. The molecule has 108 valence electrons. The van der Waals surface area contributed by atoms with Crippen molar-refractivity contribution in [2.24, 2.45) is 12.8 Å². The molecule has 0 bridgehead atoms. The van der Waals surface area contributed by atoms with Gasteiger partial charge in [-0.15, -0.1) is 0 Å². The molecular weight excluding hydrogens is 267 g/mol. The van der Waals surface area contributed by atoms with E-state index < -0.39 is 0 Å². The maximum Gasteiger partial charge on any atom is 0.165 e. The Labute approximate surface area is 122 Å². The molecule has 2 aromatic carbocycles. The Morgan fingerprint density at radius 1 is 1.10 bits per heavy atom. The van der Waals surface area contributed by atoms with E-state index >= 15 is 0 Å². The molecule has 0 aliphatic rings. The summed E-state index contributed by atoms with van der Waals surface area (Å²) in [6.45, 7) is 0.815. The molecule has 0 saturated heterocycles. The van der Waals surface area contributed by atoms with Crippen molar-refractivity contribution in [2.45, 2.75) is 13.2 Å². The highest BCUT2D eigenvalue weighted by Crippen LogP contribution is 2.25. The molecule has 0 radical (unpaired) electrons. The summed E-state index contributed by atoms with van der Waals surface area (Å²) in [6, 6.07) is 12.5. The number of hydrogen-bond acceptors (Lipinski definition) is 2. The van der Waals surface area contributed by atoms with Gasteiger partial charge in [0.15, 0.2) is 11.6 Å². The van der Waals surface area contributed by atoms with E-state index in [0.717, 1.165) is 22.0 Å². The topological polar surface area (TPSA) is 40.2 Å². The van der Waals surface area contributed by atoms with E-state index in [-0.39, 0.29) is 11.6 Å². The number of nitrogens with two attached hydrogens (primary N) is 1. The predicted molar refractivity (Wildman–Crippen MR) is 81.5 cm³/mol. The summed E-state index contributed by atoms with van der Waals surface area (Å²) in [4.78, 5) is 0. The largest absolute Gasteiger partial charge is 0.486 e. The van der Waals surface area contributed by atoms with E-state index in [9.17, 15) is 4.39 Å². The number of para-hydroxylation sites is 2. The number of ether oxygens (including phenoxy) is 1. The number of hydrogen-bond donors (Lipinski definition) is 1. The minimum atomic E-state index is -0.347. The number of halogens is 1. The second-order valence-electron chi connectivity index (χ2n) is 5.00. The Kier molecular flexibility index (Phi) is 3.62. The highest BCUT2D eigenvalue weighted by Gasteiger charge is 2.11. The standard InChI is InChI=1S/C17H17FN2O/c1-20-10-13(11-21-16-8-3-2-7-15(16)18)14-6-4-5-12(9-19)17(14)20/h2-8,10H,9,11,19H2,1H3. The number of benzene rings is 2. The summed E-state index contributed by atoms with van der Waals surface area (Å²) in [5, 5.41) is 1.09. The fourth-order valence-electron chi connectivity index (χ4n) is 2.63. The van der Waals surface area contributed by atoms with Crippen LogP contribution in [0.1, 0.15) is 11.1 Å². The summed E-state index contributed by atoms with van der Waals surface area (Å²) < 4.78 is 21.2. The van der Waals surface area contributed by atoms with Crippen LogP contribution in [-0.2, 0) is 20.2 Å². The smallest absolute Gasteiger partial charge is 0.165 e. The van der Waals surface area contributed by atoms with Crippen molar-refractivity contribution in [1.82, 2.24) is 4.57 Å². The SMILES string of the molecule is Cn1cc(COc2ccccc2F)c2cccc(CN)c21. The van der Waals surface area contributed by atoms with Crippen LogP contribution >= 0.6 is 0 Å². The normalized spacial score (nSPS) is 11.0. The number of rotatable bonds is 4. The maximum atomic E-state index is 13.6. The van der Waals surface area contributed by atoms with E-state index in [0.29, 0.717) is 13.2 Å². The zero-order valence-electron chi connectivity index (χ0n) is 11.8. The molecule has 21 heavy (non-hydrogen) atoms. The molecule has 0 unspecified atom stereocenters. The molecule has 3 rings (SSSR count). The van der Waals surface area contributed by atoms with Crippen LogP contribution in [0.25, 0.3) is 10.9 Å². The fourth-order valence-corrected chi connectivity index (χ4v) is 2.63. The van der Waals surface area contributed by atoms with Crippen molar-refractivity contribution < 1.29 is 9.13 Å². The van der Waals surface area contributed by atoms with Crippen LogP contribution in [0, 0.1) is 5.82 Å². The first kappa shape index (κ1) is 13.6. The predicted octanol–water partition coefficient (Wildman–Crippen LogP) is 3.36. The third-order valence-corrected chi connectivity index (χ3v) is 3.61. The minimum absolute atomic E-state index is 0.268. The molecule has 0 aliphatic carbocycles. The summed E-state index contributed by atoms with van der Waals surface area (Å²) in [5.41, 5.74) is 9.00. The van der Waals surface area contributed by atoms with Gasteiger partial charge < -0.3 is 15.0 Å². The van der Waals surface area contributed by atoms with Crippen molar-refractivity contribution in [2.75, 3.05) is 0 Å². The van der Waals surface area contributed by atoms with Crippen LogP contribution in [-0.4, -0.2) is 4.57 Å². The Bertz CT molecular complexity index is 780. The molecule has 1 heterocycles. The number of aromatic nitrogens is 1. The van der Waals surface area contributed by atoms with Gasteiger partial charge in [0.2, 0.25) is 0 Å². The van der Waals surface area contributed by atoms with Crippen molar-refractivity contribution in [1.29, 1.82) is 0 Å². The second kappa shape index (κ2) is 5.58. The van der Waals surface area contributed by atoms with E-state index in [1.165, 1.54) is 6.07 Å². The molecule has 0 saturated carbocycles. The van der Waals surface area contributed by atoms with E-state index in [1.54, 1.807) is 18.2 Å². The number of nitrogens with zero attached hydrogens (tertiary/aromatic N) is 1. The van der Waals surface area contributed by atoms with Crippen LogP contribution in [0.2, 0.25) is 0 Å². The number of aryl methyl sites for hydroxylation is 1. The lowest BCUT2D eigenvalue weighted by Gasteiger charge is -2.06. The Balaban J connectivity index is 1.93. The first-order valence-electron chi connectivity index (χ1n) is 6.84.